The smallest absolute Gasteiger partial charge is 0.550 e. The summed E-state index contributed by atoms with van der Waals surface area (Å²) < 4.78 is 0. The maximum Gasteiger partial charge on any atom is 2.00 e. The third kappa shape index (κ3) is 7.14. The zero-order valence-corrected chi connectivity index (χ0v) is 21.4. The molecule has 17 heteroatoms. The maximum absolute atomic E-state index is 12.4. The van der Waals surface area contributed by atoms with Gasteiger partial charge in [-0.15, -0.1) is 4.91 Å². The van der Waals surface area contributed by atoms with Gasteiger partial charge in [0, 0.05) is 18.1 Å². The Labute approximate surface area is 238 Å². The fraction of sp³-hybridized carbons (Fsp3) is 0.300. The molecule has 2 heterocycles. The minimum absolute atomic E-state index is 0. The second-order valence-corrected chi connectivity index (χ2v) is 7.66. The van der Waals surface area contributed by atoms with Gasteiger partial charge in [0.25, 0.3) is 11.5 Å². The average molecular weight is 541 g/mol. The number of anilines is 4. The molecule has 0 radical (unpaired) electrons. The van der Waals surface area contributed by atoms with E-state index in [1.165, 1.54) is 24.3 Å². The molecule has 16 nitrogen and oxygen atoms in total. The molecule has 0 unspecified atom stereocenters. The third-order valence-electron chi connectivity index (χ3n) is 5.32. The molecule has 1 aliphatic heterocycles. The molecule has 1 aromatic heterocycles. The van der Waals surface area contributed by atoms with Crippen LogP contribution in [0.25, 0.3) is 0 Å². The largest absolute Gasteiger partial charge is 2.00 e. The van der Waals surface area contributed by atoms with Crippen molar-refractivity contribution in [1.82, 2.24) is 15.3 Å². The van der Waals surface area contributed by atoms with E-state index in [1.54, 1.807) is 0 Å². The average Bonchev–Trinajstić information content (AvgIpc) is 2.84. The predicted octanol–water partition coefficient (Wildman–Crippen LogP) is -3.71. The van der Waals surface area contributed by atoms with E-state index in [1.807, 2.05) is 0 Å². The van der Waals surface area contributed by atoms with E-state index >= 15 is 0 Å². The number of benzene rings is 1. The van der Waals surface area contributed by atoms with Crippen molar-refractivity contribution in [2.45, 2.75) is 24.9 Å². The molecular weight excluding hydrogens is 520 g/mol. The number of fused-ring (bicyclic) bond motifs is 1. The monoisotopic (exact) mass is 540 g/mol. The third-order valence-corrected chi connectivity index (χ3v) is 5.32. The second-order valence-electron chi connectivity index (χ2n) is 7.66. The van der Waals surface area contributed by atoms with Crippen molar-refractivity contribution in [2.75, 3.05) is 34.0 Å². The van der Waals surface area contributed by atoms with E-state index in [-0.39, 0.29) is 79.5 Å². The van der Waals surface area contributed by atoms with E-state index < -0.39 is 48.3 Å². The number of carboxylic acid groups (broad SMARTS) is 2. The number of H-pyrrole nitrogens is 1. The molecule has 5 N–H and O–H groups in total. The Kier molecular flexibility index (Phi) is 10.3. The normalized spacial score (nSPS) is 14.7. The van der Waals surface area contributed by atoms with Gasteiger partial charge in [-0.3, -0.25) is 19.4 Å². The number of hydrogen-bond acceptors (Lipinski definition) is 12. The Bertz CT molecular complexity index is 1240. The standard InChI is InChI=1S/C20H22N8O8.Ca/c21-20-24-16-15(18(33)25-20)27(9-29)12(7-22-16)8-28(26-36)11-3-1-10(2-4-11)17(32)23-13(19(34)35)5-6-14(30)31;/h1-4,9,12-13H,5-8H2,(H,23,32)(H,30,31)(H,34,35)(H4,21,22,24,25,33);/q;+2/p-2/t12-,13+;/m1./s1. The van der Waals surface area contributed by atoms with E-state index in [0.717, 1.165) is 9.91 Å². The zero-order chi connectivity index (χ0) is 26.4. The second kappa shape index (κ2) is 13.0. The SMILES string of the molecule is Nc1nc2c(c(=O)[nH]1)N(C=O)[C@@H](CN(N=O)c1ccc(C(=O)N[C@@H](CCC(=O)[O-])C(=O)[O-])cc1)CN2.[Ca+2]. The summed E-state index contributed by atoms with van der Waals surface area (Å²) in [6.07, 6.45) is -0.596. The summed E-state index contributed by atoms with van der Waals surface area (Å²) in [5.74, 6) is -3.98. The number of aliphatic carboxylic acids is 2. The van der Waals surface area contributed by atoms with Crippen molar-refractivity contribution >= 4 is 85.1 Å². The van der Waals surface area contributed by atoms with Gasteiger partial charge >= 0.3 is 37.7 Å². The Morgan fingerprint density at radius 1 is 1.30 bits per heavy atom. The van der Waals surface area contributed by atoms with Crippen LogP contribution in [0.3, 0.4) is 0 Å². The van der Waals surface area contributed by atoms with Crippen molar-refractivity contribution < 1.29 is 29.4 Å². The first kappa shape index (κ1) is 29.5. The van der Waals surface area contributed by atoms with E-state index in [2.05, 4.69) is 25.9 Å². The van der Waals surface area contributed by atoms with E-state index in [0.29, 0.717) is 6.41 Å². The van der Waals surface area contributed by atoms with Crippen LogP contribution in [0.5, 0.6) is 0 Å². The number of nitrogens with one attached hydrogen (secondary N) is 3. The molecule has 0 aliphatic carbocycles. The first-order chi connectivity index (χ1) is 17.1. The first-order valence-electron chi connectivity index (χ1n) is 10.4. The van der Waals surface area contributed by atoms with Crippen LogP contribution < -0.4 is 42.0 Å². The van der Waals surface area contributed by atoms with Crippen LogP contribution in [0.1, 0.15) is 23.2 Å². The van der Waals surface area contributed by atoms with Crippen molar-refractivity contribution in [3.8, 4) is 0 Å². The van der Waals surface area contributed by atoms with Crippen molar-refractivity contribution in [1.29, 1.82) is 0 Å². The Balaban J connectivity index is 0.00000481. The van der Waals surface area contributed by atoms with Gasteiger partial charge in [0.15, 0.2) is 11.5 Å². The fourth-order valence-corrected chi connectivity index (χ4v) is 3.56. The number of nitrogens with two attached hydrogens (primary N) is 1. The van der Waals surface area contributed by atoms with Crippen molar-refractivity contribution in [2.24, 2.45) is 5.29 Å². The zero-order valence-electron chi connectivity index (χ0n) is 19.2. The summed E-state index contributed by atoms with van der Waals surface area (Å²) in [5.41, 5.74) is 5.04. The quantitative estimate of drug-likeness (QED) is 0.0930. The molecular formula is C20H20CaN8O8. The molecule has 2 atom stereocenters. The van der Waals surface area contributed by atoms with Gasteiger partial charge in [-0.1, -0.05) is 0 Å². The predicted molar refractivity (Wildman–Crippen MR) is 126 cm³/mol. The Morgan fingerprint density at radius 2 is 1.97 bits per heavy atom. The minimum atomic E-state index is -1.66. The molecule has 2 amide bonds. The van der Waals surface area contributed by atoms with Gasteiger partial charge in [-0.2, -0.15) is 4.98 Å². The summed E-state index contributed by atoms with van der Waals surface area (Å²) in [6, 6.07) is 3.03. The molecule has 1 aromatic carbocycles. The number of nitroso groups, excluding NO2 is 1. The molecule has 0 fully saturated rings. The van der Waals surface area contributed by atoms with Crippen LogP contribution >= 0.6 is 0 Å². The van der Waals surface area contributed by atoms with Gasteiger partial charge in [0.2, 0.25) is 12.4 Å². The number of amides is 2. The summed E-state index contributed by atoms with van der Waals surface area (Å²) in [4.78, 5) is 77.0. The van der Waals surface area contributed by atoms with Gasteiger partial charge < -0.3 is 41.1 Å². The molecule has 1 aliphatic rings. The number of carbonyl (C=O) groups excluding carboxylic acids is 4. The van der Waals surface area contributed by atoms with Crippen molar-refractivity contribution in [3.63, 3.8) is 0 Å². The summed E-state index contributed by atoms with van der Waals surface area (Å²) in [6.45, 7) is -0.0232. The number of nitrogens with zero attached hydrogens (tertiary/aromatic N) is 4. The number of aromatic amines is 1. The van der Waals surface area contributed by atoms with Crippen LogP contribution in [-0.2, 0) is 14.4 Å². The number of aromatic nitrogens is 2. The minimum Gasteiger partial charge on any atom is -0.550 e. The number of nitrogen functional groups attached to an aromatic ring is 1. The van der Waals surface area contributed by atoms with Crippen LogP contribution in [0.4, 0.5) is 23.1 Å². The van der Waals surface area contributed by atoms with Gasteiger partial charge in [-0.05, 0) is 37.1 Å². The van der Waals surface area contributed by atoms with Crippen LogP contribution in [-0.4, -0.2) is 97.1 Å². The van der Waals surface area contributed by atoms with E-state index in [4.69, 9.17) is 5.73 Å². The van der Waals surface area contributed by atoms with Gasteiger partial charge in [0.05, 0.1) is 35.6 Å². The molecule has 0 saturated heterocycles. The number of hydrogen-bond donors (Lipinski definition) is 4. The molecule has 0 bridgehead atoms. The molecule has 37 heavy (non-hydrogen) atoms. The maximum atomic E-state index is 12.4. The summed E-state index contributed by atoms with van der Waals surface area (Å²) in [7, 11) is 0. The Hall–Kier alpha value is -3.76. The van der Waals surface area contributed by atoms with Gasteiger partial charge in [-0.25, -0.2) is 5.01 Å². The number of rotatable bonds is 11. The van der Waals surface area contributed by atoms with E-state index in [9.17, 15) is 39.1 Å². The molecule has 0 spiro atoms. The van der Waals surface area contributed by atoms with Crippen molar-refractivity contribution in [3.05, 3.63) is 45.1 Å². The molecule has 3 rings (SSSR count). The van der Waals surface area contributed by atoms with Gasteiger partial charge in [0.1, 0.15) is 0 Å². The number of carbonyl (C=O) groups is 4. The molecule has 190 valence electrons. The van der Waals surface area contributed by atoms with Crippen LogP contribution in [0.2, 0.25) is 0 Å². The molecule has 0 saturated carbocycles. The van der Waals surface area contributed by atoms with Crippen LogP contribution in [0, 0.1) is 4.91 Å². The summed E-state index contributed by atoms with van der Waals surface area (Å²) >= 11 is 0. The van der Waals surface area contributed by atoms with Crippen LogP contribution in [0.15, 0.2) is 34.3 Å². The Morgan fingerprint density at radius 3 is 2.54 bits per heavy atom. The topological polar surface area (TPSA) is 246 Å². The first-order valence-corrected chi connectivity index (χ1v) is 10.4. The summed E-state index contributed by atoms with van der Waals surface area (Å²) in [5, 5.41) is 30.7. The number of carboxylic acids is 2. The molecule has 2 aromatic rings. The fourth-order valence-electron chi connectivity index (χ4n) is 3.56.